The normalized spacial score (nSPS) is 23.5. The Morgan fingerprint density at radius 3 is 2.76 bits per heavy atom. The van der Waals surface area contributed by atoms with Gasteiger partial charge < -0.3 is 16.0 Å². The van der Waals surface area contributed by atoms with E-state index in [1.54, 1.807) is 0 Å². The molecule has 174 valence electrons. The lowest BCUT2D eigenvalue weighted by Crippen LogP contribution is -2.39. The summed E-state index contributed by atoms with van der Waals surface area (Å²) in [5.74, 6) is 1.43. The summed E-state index contributed by atoms with van der Waals surface area (Å²) < 4.78 is 0. The van der Waals surface area contributed by atoms with Crippen molar-refractivity contribution in [2.24, 2.45) is 11.8 Å². The van der Waals surface area contributed by atoms with Crippen molar-refractivity contribution < 1.29 is 4.79 Å². The Morgan fingerprint density at radius 1 is 1.21 bits per heavy atom. The lowest BCUT2D eigenvalue weighted by atomic mass is 9.84. The zero-order valence-electron chi connectivity index (χ0n) is 19.4. The molecule has 3 aliphatic rings. The molecule has 3 atom stereocenters. The molecule has 1 amide bonds. The van der Waals surface area contributed by atoms with E-state index in [9.17, 15) is 10.1 Å². The summed E-state index contributed by atoms with van der Waals surface area (Å²) in [6.07, 6.45) is 6.38. The van der Waals surface area contributed by atoms with Crippen molar-refractivity contribution in [3.8, 4) is 6.07 Å². The molecule has 3 heterocycles. The number of aromatic nitrogens is 1. The van der Waals surface area contributed by atoms with Crippen molar-refractivity contribution in [2.75, 3.05) is 23.7 Å². The average Bonchev–Trinajstić information content (AvgIpc) is 3.35. The fraction of sp³-hybridized carbons (Fsp3) is 0.444. The van der Waals surface area contributed by atoms with Crippen LogP contribution in [-0.2, 0) is 12.8 Å². The summed E-state index contributed by atoms with van der Waals surface area (Å²) in [5, 5.41) is 14.1. The number of aryl methyl sites for hydroxylation is 1. The number of fused-ring (bicyclic) bond motifs is 4. The molecule has 1 aliphatic heterocycles. The number of nitrogens with two attached hydrogens (primary N) is 1. The second kappa shape index (κ2) is 8.28. The molecule has 6 nitrogen and oxygen atoms in total. The van der Waals surface area contributed by atoms with Crippen LogP contribution >= 0.6 is 11.3 Å². The van der Waals surface area contributed by atoms with Crippen LogP contribution in [0.15, 0.2) is 24.3 Å². The van der Waals surface area contributed by atoms with Crippen molar-refractivity contribution in [1.82, 2.24) is 10.3 Å². The molecule has 0 radical (unpaired) electrons. The van der Waals surface area contributed by atoms with Crippen LogP contribution in [0.4, 0.5) is 11.4 Å². The fourth-order valence-electron chi connectivity index (χ4n) is 6.27. The number of carbonyl (C=O) groups is 1. The van der Waals surface area contributed by atoms with Crippen LogP contribution in [0.5, 0.6) is 0 Å². The standard InChI is InChI=1S/C27H29N5OS/c1-15-2-7-21-24(29)25(34-27(21)30-15)26(33)31-19-6-8-20-18(11-19)5-9-23(22(20)12-28)32-13-16-3-4-17(10-16)14-32/h2,5,7,9,16-17,19H,3-4,6,8,10-11,13-14,29H2,1H3,(H,31,33)/t16?,17?,19-/m1/s1. The van der Waals surface area contributed by atoms with E-state index in [2.05, 4.69) is 33.4 Å². The van der Waals surface area contributed by atoms with E-state index in [-0.39, 0.29) is 11.9 Å². The number of nitrogen functional groups attached to an aromatic ring is 1. The van der Waals surface area contributed by atoms with Crippen LogP contribution in [0, 0.1) is 30.1 Å². The summed E-state index contributed by atoms with van der Waals surface area (Å²) >= 11 is 1.35. The lowest BCUT2D eigenvalue weighted by Gasteiger charge is -2.35. The van der Waals surface area contributed by atoms with Crippen molar-refractivity contribution >= 4 is 38.8 Å². The molecule has 1 saturated heterocycles. The Balaban J connectivity index is 1.21. The first-order chi connectivity index (χ1) is 16.5. The largest absolute Gasteiger partial charge is 0.397 e. The number of rotatable bonds is 3. The molecular weight excluding hydrogens is 442 g/mol. The number of pyridine rings is 1. The number of piperidine rings is 1. The maximum Gasteiger partial charge on any atom is 0.263 e. The van der Waals surface area contributed by atoms with Crippen molar-refractivity contribution in [2.45, 2.75) is 51.5 Å². The fourth-order valence-corrected chi connectivity index (χ4v) is 7.31. The summed E-state index contributed by atoms with van der Waals surface area (Å²) in [6.45, 7) is 4.09. The molecule has 3 N–H and O–H groups in total. The number of amides is 1. The molecule has 34 heavy (non-hydrogen) atoms. The van der Waals surface area contributed by atoms with E-state index in [0.717, 1.165) is 71.3 Å². The Bertz CT molecular complexity index is 1330. The van der Waals surface area contributed by atoms with Gasteiger partial charge in [-0.1, -0.05) is 6.07 Å². The second-order valence-electron chi connectivity index (χ2n) is 10.2. The van der Waals surface area contributed by atoms with Gasteiger partial charge in [0.1, 0.15) is 15.8 Å². The van der Waals surface area contributed by atoms with Gasteiger partial charge in [0.2, 0.25) is 0 Å². The number of nitriles is 1. The highest BCUT2D eigenvalue weighted by atomic mass is 32.1. The van der Waals surface area contributed by atoms with Gasteiger partial charge in [0.25, 0.3) is 5.91 Å². The molecule has 3 aromatic rings. The van der Waals surface area contributed by atoms with Gasteiger partial charge in [-0.2, -0.15) is 5.26 Å². The average molecular weight is 472 g/mol. The minimum atomic E-state index is -0.132. The zero-order chi connectivity index (χ0) is 23.4. The predicted molar refractivity (Wildman–Crippen MR) is 136 cm³/mol. The lowest BCUT2D eigenvalue weighted by molar-refractivity contribution is 0.0938. The summed E-state index contributed by atoms with van der Waals surface area (Å²) in [4.78, 5) is 21.4. The highest BCUT2D eigenvalue weighted by molar-refractivity contribution is 7.21. The van der Waals surface area contributed by atoms with Gasteiger partial charge in [0, 0.05) is 30.2 Å². The number of nitrogens with zero attached hydrogens (tertiary/aromatic N) is 3. The zero-order valence-corrected chi connectivity index (χ0v) is 20.3. The molecule has 0 spiro atoms. The van der Waals surface area contributed by atoms with Crippen LogP contribution < -0.4 is 16.0 Å². The highest BCUT2D eigenvalue weighted by Crippen LogP contribution is 2.40. The first-order valence-corrected chi connectivity index (χ1v) is 13.1. The maximum atomic E-state index is 13.1. The van der Waals surface area contributed by atoms with Crippen LogP contribution in [0.1, 0.15) is 57.7 Å². The first kappa shape index (κ1) is 21.4. The maximum absolute atomic E-state index is 13.1. The van der Waals surface area contributed by atoms with Crippen molar-refractivity contribution in [3.05, 3.63) is 51.5 Å². The highest BCUT2D eigenvalue weighted by Gasteiger charge is 2.34. The van der Waals surface area contributed by atoms with Gasteiger partial charge >= 0.3 is 0 Å². The van der Waals surface area contributed by atoms with Crippen LogP contribution in [0.25, 0.3) is 10.2 Å². The molecule has 2 aliphatic carbocycles. The van der Waals surface area contributed by atoms with Crippen molar-refractivity contribution in [1.29, 1.82) is 5.26 Å². The van der Waals surface area contributed by atoms with Gasteiger partial charge in [-0.05, 0) is 86.6 Å². The molecule has 7 heteroatoms. The van der Waals surface area contributed by atoms with E-state index in [1.807, 2.05) is 19.1 Å². The first-order valence-electron chi connectivity index (χ1n) is 12.3. The minimum Gasteiger partial charge on any atom is -0.397 e. The van der Waals surface area contributed by atoms with Crippen LogP contribution in [0.3, 0.4) is 0 Å². The smallest absolute Gasteiger partial charge is 0.263 e. The molecule has 6 rings (SSSR count). The third kappa shape index (κ3) is 3.61. The van der Waals surface area contributed by atoms with Gasteiger partial charge in [-0.3, -0.25) is 4.79 Å². The molecule has 1 aromatic carbocycles. The number of carbonyl (C=O) groups excluding carboxylic acids is 1. The Labute approximate surface area is 203 Å². The Kier molecular flexibility index (Phi) is 5.22. The monoisotopic (exact) mass is 471 g/mol. The predicted octanol–water partition coefficient (Wildman–Crippen LogP) is 4.58. The number of anilines is 2. The third-order valence-electron chi connectivity index (χ3n) is 7.93. The summed E-state index contributed by atoms with van der Waals surface area (Å²) in [5.41, 5.74) is 12.0. The molecule has 2 unspecified atom stereocenters. The third-order valence-corrected chi connectivity index (χ3v) is 9.04. The molecule has 2 aromatic heterocycles. The molecule has 2 fully saturated rings. The number of thiophene rings is 1. The quantitative estimate of drug-likeness (QED) is 0.583. The number of hydrogen-bond acceptors (Lipinski definition) is 6. The number of benzene rings is 1. The van der Waals surface area contributed by atoms with E-state index in [4.69, 9.17) is 5.73 Å². The minimum absolute atomic E-state index is 0.0301. The Morgan fingerprint density at radius 2 is 2.00 bits per heavy atom. The molecular formula is C27H29N5OS. The SMILES string of the molecule is Cc1ccc2c(N)c(C(=O)N[C@@H]3CCc4c(ccc(N5CC6CCC(C6)C5)c4C#N)C3)sc2n1. The van der Waals surface area contributed by atoms with E-state index >= 15 is 0 Å². The summed E-state index contributed by atoms with van der Waals surface area (Å²) in [7, 11) is 0. The van der Waals surface area contributed by atoms with Crippen LogP contribution in [0.2, 0.25) is 0 Å². The molecule has 2 bridgehead atoms. The number of nitrogens with one attached hydrogen (secondary N) is 1. The van der Waals surface area contributed by atoms with Gasteiger partial charge in [0.05, 0.1) is 16.9 Å². The van der Waals surface area contributed by atoms with Crippen LogP contribution in [-0.4, -0.2) is 30.0 Å². The van der Waals surface area contributed by atoms with Gasteiger partial charge in [-0.15, -0.1) is 11.3 Å². The van der Waals surface area contributed by atoms with Crippen molar-refractivity contribution in [3.63, 3.8) is 0 Å². The second-order valence-corrected chi connectivity index (χ2v) is 11.2. The van der Waals surface area contributed by atoms with Gasteiger partial charge in [0.15, 0.2) is 0 Å². The molecule has 1 saturated carbocycles. The number of hydrogen-bond donors (Lipinski definition) is 2. The van der Waals surface area contributed by atoms with E-state index in [1.165, 1.54) is 41.7 Å². The Hall–Kier alpha value is -3.11. The van der Waals surface area contributed by atoms with E-state index in [0.29, 0.717) is 10.6 Å². The van der Waals surface area contributed by atoms with Gasteiger partial charge in [-0.25, -0.2) is 4.98 Å². The summed E-state index contributed by atoms with van der Waals surface area (Å²) in [6, 6.07) is 10.7. The van der Waals surface area contributed by atoms with E-state index < -0.39 is 0 Å². The topological polar surface area (TPSA) is 95.0 Å².